The zero-order valence-corrected chi connectivity index (χ0v) is 11.2. The van der Waals surface area contributed by atoms with Gasteiger partial charge in [-0.15, -0.1) is 20.4 Å². The molecule has 0 bridgehead atoms. The van der Waals surface area contributed by atoms with Crippen LogP contribution in [-0.2, 0) is 6.42 Å². The number of aromatic nitrogens is 4. The highest BCUT2D eigenvalue weighted by molar-refractivity contribution is 7.18. The van der Waals surface area contributed by atoms with Crippen molar-refractivity contribution in [1.82, 2.24) is 20.4 Å². The lowest BCUT2D eigenvalue weighted by molar-refractivity contribution is 0.581. The van der Waals surface area contributed by atoms with Gasteiger partial charge in [0.25, 0.3) is 0 Å². The van der Waals surface area contributed by atoms with Crippen LogP contribution in [0.4, 0.5) is 15.4 Å². The molecule has 0 unspecified atom stereocenters. The van der Waals surface area contributed by atoms with Gasteiger partial charge < -0.3 is 16.4 Å². The van der Waals surface area contributed by atoms with Crippen molar-refractivity contribution < 1.29 is 0 Å². The van der Waals surface area contributed by atoms with Gasteiger partial charge in [-0.25, -0.2) is 0 Å². The Morgan fingerprint density at radius 1 is 1.11 bits per heavy atom. The van der Waals surface area contributed by atoms with E-state index >= 15 is 0 Å². The van der Waals surface area contributed by atoms with E-state index in [1.54, 1.807) is 0 Å². The summed E-state index contributed by atoms with van der Waals surface area (Å²) in [7, 11) is 0. The normalized spacial score (nSPS) is 19.6. The van der Waals surface area contributed by atoms with Crippen molar-refractivity contribution in [3.8, 4) is 0 Å². The Morgan fingerprint density at radius 3 is 2.56 bits per heavy atom. The first-order valence-corrected chi connectivity index (χ1v) is 7.26. The second-order valence-corrected chi connectivity index (χ2v) is 6.34. The van der Waals surface area contributed by atoms with E-state index in [-0.39, 0.29) is 0 Å². The molecule has 0 amide bonds. The van der Waals surface area contributed by atoms with E-state index in [2.05, 4.69) is 25.3 Å². The second-order valence-electron chi connectivity index (χ2n) is 4.26. The Kier molecular flexibility index (Phi) is 3.00. The lowest BCUT2D eigenvalue weighted by atomic mass is 10.1. The van der Waals surface area contributed by atoms with Gasteiger partial charge >= 0.3 is 0 Å². The Balaban J connectivity index is 1.61. The average molecular weight is 283 g/mol. The average Bonchev–Trinajstić information content (AvgIpc) is 3.01. The third-order valence-electron chi connectivity index (χ3n) is 2.93. The van der Waals surface area contributed by atoms with Crippen LogP contribution in [0.1, 0.15) is 11.4 Å². The summed E-state index contributed by atoms with van der Waals surface area (Å²) in [5, 5.41) is 18.8. The van der Waals surface area contributed by atoms with Crippen LogP contribution in [0.15, 0.2) is 0 Å². The van der Waals surface area contributed by atoms with Gasteiger partial charge in [-0.05, 0) is 12.3 Å². The maximum atomic E-state index is 5.59. The maximum absolute atomic E-state index is 5.59. The Morgan fingerprint density at radius 2 is 1.89 bits per heavy atom. The lowest BCUT2D eigenvalue weighted by Crippen LogP contribution is -2.20. The van der Waals surface area contributed by atoms with Crippen molar-refractivity contribution in [1.29, 1.82) is 0 Å². The van der Waals surface area contributed by atoms with Crippen molar-refractivity contribution in [2.45, 2.75) is 12.8 Å². The van der Waals surface area contributed by atoms with Gasteiger partial charge in [0.2, 0.25) is 15.4 Å². The quantitative estimate of drug-likeness (QED) is 0.850. The van der Waals surface area contributed by atoms with E-state index in [9.17, 15) is 0 Å². The molecule has 9 heteroatoms. The third-order valence-corrected chi connectivity index (χ3v) is 4.52. The molecule has 3 rings (SSSR count). The van der Waals surface area contributed by atoms with Crippen LogP contribution in [0.2, 0.25) is 0 Å². The molecule has 0 spiro atoms. The van der Waals surface area contributed by atoms with E-state index in [4.69, 9.17) is 11.5 Å². The van der Waals surface area contributed by atoms with Crippen LogP contribution in [0, 0.1) is 5.92 Å². The van der Waals surface area contributed by atoms with Crippen LogP contribution in [0.5, 0.6) is 0 Å². The van der Waals surface area contributed by atoms with Gasteiger partial charge in [-0.2, -0.15) is 0 Å². The molecule has 0 aromatic carbocycles. The molecule has 7 nitrogen and oxygen atoms in total. The van der Waals surface area contributed by atoms with Crippen LogP contribution in [0.25, 0.3) is 0 Å². The number of anilines is 3. The molecule has 2 aromatic heterocycles. The van der Waals surface area contributed by atoms with Gasteiger partial charge in [-0.1, -0.05) is 22.7 Å². The number of nitrogens with zero attached hydrogens (tertiary/aromatic N) is 5. The zero-order chi connectivity index (χ0) is 12.5. The highest BCUT2D eigenvalue weighted by Gasteiger charge is 2.26. The van der Waals surface area contributed by atoms with E-state index in [0.29, 0.717) is 16.2 Å². The molecule has 0 saturated carbocycles. The van der Waals surface area contributed by atoms with Crippen LogP contribution in [-0.4, -0.2) is 33.5 Å². The summed E-state index contributed by atoms with van der Waals surface area (Å²) in [5.74, 6) is 0.572. The third kappa shape index (κ3) is 2.36. The molecule has 0 aliphatic carbocycles. The topological polar surface area (TPSA) is 107 Å². The van der Waals surface area contributed by atoms with Crippen LogP contribution in [0.3, 0.4) is 0 Å². The first-order chi connectivity index (χ1) is 8.70. The molecule has 1 aliphatic rings. The summed E-state index contributed by atoms with van der Waals surface area (Å²) in [6.07, 6.45) is 2.05. The molecule has 0 radical (unpaired) electrons. The van der Waals surface area contributed by atoms with Crippen molar-refractivity contribution in [3.63, 3.8) is 0 Å². The fraction of sp³-hybridized carbons (Fsp3) is 0.556. The molecule has 1 aliphatic heterocycles. The molecule has 2 aromatic rings. The van der Waals surface area contributed by atoms with Gasteiger partial charge in [0.15, 0.2) is 0 Å². The van der Waals surface area contributed by atoms with E-state index < -0.39 is 0 Å². The van der Waals surface area contributed by atoms with Crippen molar-refractivity contribution >= 4 is 38.1 Å². The van der Waals surface area contributed by atoms with E-state index in [1.165, 1.54) is 22.7 Å². The predicted octanol–water partition coefficient (Wildman–Crippen LogP) is 0.623. The molecule has 4 N–H and O–H groups in total. The Hall–Kier alpha value is -1.48. The maximum Gasteiger partial charge on any atom is 0.209 e. The molecule has 1 saturated heterocycles. The lowest BCUT2D eigenvalue weighted by Gasteiger charge is -2.13. The minimum Gasteiger partial charge on any atom is -0.374 e. The van der Waals surface area contributed by atoms with Crippen molar-refractivity contribution in [2.24, 2.45) is 5.92 Å². The first kappa shape index (κ1) is 11.6. The predicted molar refractivity (Wildman–Crippen MR) is 72.7 cm³/mol. The number of hydrogen-bond acceptors (Lipinski definition) is 9. The van der Waals surface area contributed by atoms with E-state index in [1.807, 2.05) is 0 Å². The minimum atomic E-state index is 0.519. The number of nitrogens with two attached hydrogens (primary N) is 2. The second kappa shape index (κ2) is 4.65. The summed E-state index contributed by atoms with van der Waals surface area (Å²) in [6.45, 7) is 1.96. The highest BCUT2D eigenvalue weighted by atomic mass is 32.1. The summed E-state index contributed by atoms with van der Waals surface area (Å²) < 4.78 is 0. The minimum absolute atomic E-state index is 0.519. The first-order valence-electron chi connectivity index (χ1n) is 5.62. The van der Waals surface area contributed by atoms with Gasteiger partial charge in [0.05, 0.1) is 0 Å². The molecular formula is C9H13N7S2. The highest BCUT2D eigenvalue weighted by Crippen LogP contribution is 2.29. The monoisotopic (exact) mass is 283 g/mol. The van der Waals surface area contributed by atoms with Gasteiger partial charge in [0, 0.05) is 19.5 Å². The summed E-state index contributed by atoms with van der Waals surface area (Å²) in [6, 6.07) is 0. The van der Waals surface area contributed by atoms with Crippen molar-refractivity contribution in [3.05, 3.63) is 5.01 Å². The molecule has 1 atom stereocenters. The van der Waals surface area contributed by atoms with E-state index in [0.717, 1.165) is 36.1 Å². The van der Waals surface area contributed by atoms with Crippen molar-refractivity contribution in [2.75, 3.05) is 29.5 Å². The number of hydrogen-bond donors (Lipinski definition) is 2. The smallest absolute Gasteiger partial charge is 0.209 e. The SMILES string of the molecule is Nc1nnc(C[C@@H]2CCN(c3nnc(N)s3)C2)s1. The molecule has 18 heavy (non-hydrogen) atoms. The Bertz CT molecular complexity index is 537. The summed E-state index contributed by atoms with van der Waals surface area (Å²) in [5.41, 5.74) is 11.2. The van der Waals surface area contributed by atoms with Gasteiger partial charge in [0.1, 0.15) is 5.01 Å². The summed E-state index contributed by atoms with van der Waals surface area (Å²) in [4.78, 5) is 2.23. The van der Waals surface area contributed by atoms with Crippen LogP contribution < -0.4 is 16.4 Å². The summed E-state index contributed by atoms with van der Waals surface area (Å²) >= 11 is 2.90. The molecule has 96 valence electrons. The Labute approximate surface area is 112 Å². The number of nitrogen functional groups attached to an aromatic ring is 2. The fourth-order valence-electron chi connectivity index (χ4n) is 2.12. The zero-order valence-electron chi connectivity index (χ0n) is 9.61. The molecule has 1 fully saturated rings. The molecule has 3 heterocycles. The van der Waals surface area contributed by atoms with Gasteiger partial charge in [-0.3, -0.25) is 0 Å². The number of rotatable bonds is 3. The standard InChI is InChI=1S/C9H13N7S2/c10-7-13-12-6(17-7)3-5-1-2-16(4-5)9-15-14-8(11)18-9/h5H,1-4H2,(H2,10,13)(H2,11,14)/t5-/m0/s1. The molecular weight excluding hydrogens is 270 g/mol. The largest absolute Gasteiger partial charge is 0.374 e. The fourth-order valence-corrected chi connectivity index (χ4v) is 3.49. The van der Waals surface area contributed by atoms with Crippen LogP contribution >= 0.6 is 22.7 Å².